The lowest BCUT2D eigenvalue weighted by Crippen LogP contribution is -2.19. The van der Waals surface area contributed by atoms with Gasteiger partial charge in [-0.25, -0.2) is 4.79 Å². The SMILES string of the molecule is C=CC(=O)OCC(C)C(=O)c1ccc(N=[N+]=[N-])cc1. The van der Waals surface area contributed by atoms with Gasteiger partial charge in [-0.2, -0.15) is 0 Å². The maximum absolute atomic E-state index is 12.0. The molecule has 19 heavy (non-hydrogen) atoms. The van der Waals surface area contributed by atoms with E-state index in [1.165, 1.54) is 0 Å². The van der Waals surface area contributed by atoms with Gasteiger partial charge in [0.1, 0.15) is 6.61 Å². The van der Waals surface area contributed by atoms with Crippen LogP contribution in [0.15, 0.2) is 42.0 Å². The zero-order valence-corrected chi connectivity index (χ0v) is 10.4. The molecule has 0 fully saturated rings. The van der Waals surface area contributed by atoms with Crippen molar-refractivity contribution in [2.24, 2.45) is 11.0 Å². The molecule has 0 aliphatic heterocycles. The predicted molar refractivity (Wildman–Crippen MR) is 69.9 cm³/mol. The number of Topliss-reactive ketones (excluding diaryl/α,β-unsaturated/α-hetero) is 1. The summed E-state index contributed by atoms with van der Waals surface area (Å²) in [6, 6.07) is 6.24. The number of benzene rings is 1. The average Bonchev–Trinajstić information content (AvgIpc) is 2.44. The average molecular weight is 259 g/mol. The largest absolute Gasteiger partial charge is 0.462 e. The third kappa shape index (κ3) is 4.29. The van der Waals surface area contributed by atoms with E-state index in [1.54, 1.807) is 31.2 Å². The highest BCUT2D eigenvalue weighted by Crippen LogP contribution is 2.16. The van der Waals surface area contributed by atoms with Gasteiger partial charge in [-0.15, -0.1) is 0 Å². The summed E-state index contributed by atoms with van der Waals surface area (Å²) in [5.74, 6) is -1.16. The van der Waals surface area contributed by atoms with Crippen LogP contribution < -0.4 is 0 Å². The molecular formula is C13H13N3O3. The van der Waals surface area contributed by atoms with E-state index in [-0.39, 0.29) is 12.4 Å². The third-order valence-corrected chi connectivity index (χ3v) is 2.40. The molecule has 0 spiro atoms. The Balaban J connectivity index is 2.68. The highest BCUT2D eigenvalue weighted by Gasteiger charge is 2.16. The Morgan fingerprint density at radius 1 is 1.47 bits per heavy atom. The zero-order chi connectivity index (χ0) is 14.3. The number of ether oxygens (including phenoxy) is 1. The van der Waals surface area contributed by atoms with Crippen molar-refractivity contribution in [3.8, 4) is 0 Å². The lowest BCUT2D eigenvalue weighted by molar-refractivity contribution is -0.138. The summed E-state index contributed by atoms with van der Waals surface area (Å²) in [4.78, 5) is 25.5. The molecule has 0 saturated carbocycles. The molecule has 0 saturated heterocycles. The quantitative estimate of drug-likeness (QED) is 0.196. The zero-order valence-electron chi connectivity index (χ0n) is 10.4. The summed E-state index contributed by atoms with van der Waals surface area (Å²) in [6.07, 6.45) is 1.05. The summed E-state index contributed by atoms with van der Waals surface area (Å²) < 4.78 is 4.81. The van der Waals surface area contributed by atoms with Crippen LogP contribution in [-0.4, -0.2) is 18.4 Å². The van der Waals surface area contributed by atoms with Gasteiger partial charge in [0.15, 0.2) is 5.78 Å². The number of nitrogens with zero attached hydrogens (tertiary/aromatic N) is 3. The molecule has 0 heterocycles. The van der Waals surface area contributed by atoms with Gasteiger partial charge in [0, 0.05) is 22.2 Å². The lowest BCUT2D eigenvalue weighted by Gasteiger charge is -2.10. The van der Waals surface area contributed by atoms with Crippen LogP contribution in [0.3, 0.4) is 0 Å². The van der Waals surface area contributed by atoms with Crippen LogP contribution in [0.25, 0.3) is 10.4 Å². The number of hydrogen-bond donors (Lipinski definition) is 0. The third-order valence-electron chi connectivity index (χ3n) is 2.40. The van der Waals surface area contributed by atoms with Gasteiger partial charge in [-0.1, -0.05) is 42.9 Å². The lowest BCUT2D eigenvalue weighted by atomic mass is 10.00. The summed E-state index contributed by atoms with van der Waals surface area (Å²) in [5.41, 5.74) is 9.17. The first-order valence-corrected chi connectivity index (χ1v) is 5.57. The summed E-state index contributed by atoms with van der Waals surface area (Å²) in [5, 5.41) is 3.41. The first kappa shape index (κ1) is 14.5. The molecule has 1 aromatic carbocycles. The maximum atomic E-state index is 12.0. The molecule has 0 aromatic heterocycles. The van der Waals surface area contributed by atoms with E-state index in [1.807, 2.05) is 0 Å². The summed E-state index contributed by atoms with van der Waals surface area (Å²) >= 11 is 0. The minimum Gasteiger partial charge on any atom is -0.462 e. The van der Waals surface area contributed by atoms with Crippen LogP contribution in [0.2, 0.25) is 0 Å². The van der Waals surface area contributed by atoms with Crippen molar-refractivity contribution in [1.29, 1.82) is 0 Å². The van der Waals surface area contributed by atoms with E-state index >= 15 is 0 Å². The van der Waals surface area contributed by atoms with E-state index in [0.717, 1.165) is 6.08 Å². The minimum atomic E-state index is -0.557. The minimum absolute atomic E-state index is 0.00177. The second-order valence-electron chi connectivity index (χ2n) is 3.84. The van der Waals surface area contributed by atoms with Crippen LogP contribution in [-0.2, 0) is 9.53 Å². The van der Waals surface area contributed by atoms with Crippen molar-refractivity contribution in [3.63, 3.8) is 0 Å². The highest BCUT2D eigenvalue weighted by atomic mass is 16.5. The van der Waals surface area contributed by atoms with Crippen molar-refractivity contribution >= 4 is 17.4 Å². The first-order valence-electron chi connectivity index (χ1n) is 5.57. The molecule has 1 atom stereocenters. The van der Waals surface area contributed by atoms with E-state index < -0.39 is 11.9 Å². The Morgan fingerprint density at radius 2 is 2.11 bits per heavy atom. The van der Waals surface area contributed by atoms with Crippen molar-refractivity contribution in [2.75, 3.05) is 6.61 Å². The van der Waals surface area contributed by atoms with Gasteiger partial charge in [0.2, 0.25) is 0 Å². The molecule has 0 amide bonds. The fourth-order valence-electron chi connectivity index (χ4n) is 1.37. The molecule has 0 aliphatic rings. The molecular weight excluding hydrogens is 246 g/mol. The Hall–Kier alpha value is -2.59. The molecule has 0 aliphatic carbocycles. The molecule has 1 aromatic rings. The van der Waals surface area contributed by atoms with Gasteiger partial charge in [0.05, 0.1) is 5.92 Å². The van der Waals surface area contributed by atoms with Crippen molar-refractivity contribution < 1.29 is 14.3 Å². The van der Waals surface area contributed by atoms with Crippen LogP contribution in [0.4, 0.5) is 5.69 Å². The standard InChI is InChI=1S/C13H13N3O3/c1-3-12(17)19-8-9(2)13(18)10-4-6-11(7-5-10)15-16-14/h3-7,9H,1,8H2,2H3. The normalized spacial score (nSPS) is 11.0. The molecule has 6 nitrogen and oxygen atoms in total. The van der Waals surface area contributed by atoms with E-state index in [2.05, 4.69) is 16.6 Å². The van der Waals surface area contributed by atoms with Crippen LogP contribution in [0.5, 0.6) is 0 Å². The van der Waals surface area contributed by atoms with Gasteiger partial charge < -0.3 is 4.74 Å². The molecule has 1 unspecified atom stereocenters. The van der Waals surface area contributed by atoms with Crippen molar-refractivity contribution in [3.05, 3.63) is 52.9 Å². The Morgan fingerprint density at radius 3 is 2.63 bits per heavy atom. The molecule has 0 N–H and O–H groups in total. The Bertz CT molecular complexity index is 531. The van der Waals surface area contributed by atoms with Crippen molar-refractivity contribution in [2.45, 2.75) is 6.92 Å². The number of ketones is 1. The first-order chi connectivity index (χ1) is 9.08. The predicted octanol–water partition coefficient (Wildman–Crippen LogP) is 3.18. The smallest absolute Gasteiger partial charge is 0.330 e. The van der Waals surface area contributed by atoms with E-state index in [0.29, 0.717) is 11.3 Å². The second kappa shape index (κ2) is 6.98. The van der Waals surface area contributed by atoms with E-state index in [9.17, 15) is 9.59 Å². The molecule has 98 valence electrons. The number of carbonyl (C=O) groups is 2. The Labute approximate surface area is 110 Å². The van der Waals surface area contributed by atoms with Gasteiger partial charge >= 0.3 is 5.97 Å². The van der Waals surface area contributed by atoms with Crippen LogP contribution in [0.1, 0.15) is 17.3 Å². The number of rotatable bonds is 6. The fourth-order valence-corrected chi connectivity index (χ4v) is 1.37. The second-order valence-corrected chi connectivity index (χ2v) is 3.84. The number of azide groups is 1. The van der Waals surface area contributed by atoms with E-state index in [4.69, 9.17) is 10.3 Å². The summed E-state index contributed by atoms with van der Waals surface area (Å²) in [6.45, 7) is 4.94. The molecule has 0 bridgehead atoms. The number of carbonyl (C=O) groups excluding carboxylic acids is 2. The fraction of sp³-hybridized carbons (Fsp3) is 0.231. The topological polar surface area (TPSA) is 92.1 Å². The van der Waals surface area contributed by atoms with Crippen molar-refractivity contribution in [1.82, 2.24) is 0 Å². The van der Waals surface area contributed by atoms with Crippen LogP contribution in [0, 0.1) is 5.92 Å². The molecule has 1 rings (SSSR count). The number of hydrogen-bond acceptors (Lipinski definition) is 4. The van der Waals surface area contributed by atoms with Gasteiger partial charge in [-0.3, -0.25) is 4.79 Å². The van der Waals surface area contributed by atoms with Gasteiger partial charge in [0.25, 0.3) is 0 Å². The highest BCUT2D eigenvalue weighted by molar-refractivity contribution is 5.98. The molecule has 0 radical (unpaired) electrons. The number of esters is 1. The maximum Gasteiger partial charge on any atom is 0.330 e. The monoisotopic (exact) mass is 259 g/mol. The Kier molecular flexibility index (Phi) is 5.32. The van der Waals surface area contributed by atoms with Gasteiger partial charge in [-0.05, 0) is 5.53 Å². The summed E-state index contributed by atoms with van der Waals surface area (Å²) in [7, 11) is 0. The molecule has 6 heteroatoms. The van der Waals surface area contributed by atoms with Crippen LogP contribution >= 0.6 is 0 Å².